The van der Waals surface area contributed by atoms with Crippen molar-refractivity contribution in [2.75, 3.05) is 31.7 Å². The Morgan fingerprint density at radius 3 is 2.51 bits per heavy atom. The van der Waals surface area contributed by atoms with Gasteiger partial charge in [0.2, 0.25) is 0 Å². The summed E-state index contributed by atoms with van der Waals surface area (Å²) in [5.74, 6) is 1.14. The number of benzene rings is 4. The summed E-state index contributed by atoms with van der Waals surface area (Å²) >= 11 is 0. The first kappa shape index (κ1) is 28.6. The van der Waals surface area contributed by atoms with E-state index in [1.165, 1.54) is 17.2 Å². The van der Waals surface area contributed by atoms with E-state index < -0.39 is 16.8 Å². The molecule has 0 aliphatic carbocycles. The van der Waals surface area contributed by atoms with Gasteiger partial charge in [0.25, 0.3) is 0 Å². The Morgan fingerprint density at radius 2 is 1.73 bits per heavy atom. The van der Waals surface area contributed by atoms with Crippen molar-refractivity contribution in [3.63, 3.8) is 0 Å². The zero-order valence-electron chi connectivity index (χ0n) is 23.4. The van der Waals surface area contributed by atoms with Crippen molar-refractivity contribution in [2.45, 2.75) is 37.2 Å². The Bertz CT molecular complexity index is 1500. The molecule has 1 atom stereocenters. The fourth-order valence-electron chi connectivity index (χ4n) is 4.95. The van der Waals surface area contributed by atoms with Gasteiger partial charge in [0, 0.05) is 24.2 Å². The van der Waals surface area contributed by atoms with Crippen LogP contribution in [0.3, 0.4) is 0 Å². The van der Waals surface area contributed by atoms with Gasteiger partial charge in [-0.25, -0.2) is 8.60 Å². The van der Waals surface area contributed by atoms with Crippen molar-refractivity contribution in [1.82, 2.24) is 5.32 Å². The van der Waals surface area contributed by atoms with Crippen LogP contribution in [-0.4, -0.2) is 31.6 Å². The van der Waals surface area contributed by atoms with Crippen LogP contribution in [0, 0.1) is 5.82 Å². The van der Waals surface area contributed by atoms with E-state index in [4.69, 9.17) is 14.2 Å². The fourth-order valence-corrected chi connectivity index (χ4v) is 6.22. The zero-order valence-corrected chi connectivity index (χ0v) is 24.2. The predicted molar refractivity (Wildman–Crippen MR) is 161 cm³/mol. The number of hydrogen-bond donors (Lipinski definition) is 1. The normalized spacial score (nSPS) is 13.2. The molecule has 0 fully saturated rings. The summed E-state index contributed by atoms with van der Waals surface area (Å²) in [4.78, 5) is 0.624. The lowest BCUT2D eigenvalue weighted by atomic mass is 10.0. The molecule has 1 aliphatic heterocycles. The molecule has 0 saturated heterocycles. The van der Waals surface area contributed by atoms with Gasteiger partial charge in [-0.1, -0.05) is 36.4 Å². The van der Waals surface area contributed by atoms with E-state index in [-0.39, 0.29) is 12.2 Å². The number of nitrogens with one attached hydrogen (secondary N) is 1. The Kier molecular flexibility index (Phi) is 9.54. The number of rotatable bonds is 12. The molecule has 0 saturated carbocycles. The van der Waals surface area contributed by atoms with Crippen LogP contribution in [0.4, 0.5) is 10.1 Å². The van der Waals surface area contributed by atoms with E-state index in [9.17, 15) is 4.21 Å². The van der Waals surface area contributed by atoms with Crippen molar-refractivity contribution in [3.05, 3.63) is 113 Å². The molecule has 8 heteroatoms. The van der Waals surface area contributed by atoms with Gasteiger partial charge in [0.1, 0.15) is 17.2 Å². The zero-order chi connectivity index (χ0) is 28.6. The third-order valence-electron chi connectivity index (χ3n) is 7.18. The number of ether oxygens (including phenoxy) is 3. The van der Waals surface area contributed by atoms with Crippen LogP contribution >= 0.6 is 0 Å². The topological polar surface area (TPSA) is 60.0 Å². The first-order valence-electron chi connectivity index (χ1n) is 13.7. The third kappa shape index (κ3) is 7.07. The quantitative estimate of drug-likeness (QED) is 0.203. The Morgan fingerprint density at radius 1 is 0.902 bits per heavy atom. The van der Waals surface area contributed by atoms with Crippen LogP contribution in [0.1, 0.15) is 28.7 Å². The molecule has 1 unspecified atom stereocenters. The second-order valence-corrected chi connectivity index (χ2v) is 11.3. The molecule has 4 aromatic carbocycles. The van der Waals surface area contributed by atoms with Crippen molar-refractivity contribution >= 4 is 16.7 Å². The summed E-state index contributed by atoms with van der Waals surface area (Å²) < 4.78 is 48.2. The number of methoxy groups -OCH3 is 2. The second kappa shape index (κ2) is 13.7. The van der Waals surface area contributed by atoms with Crippen molar-refractivity contribution in [2.24, 2.45) is 0 Å². The summed E-state index contributed by atoms with van der Waals surface area (Å²) in [5, 5.41) is 3.36. The lowest BCUT2D eigenvalue weighted by molar-refractivity contribution is 0.309. The molecule has 41 heavy (non-hydrogen) atoms. The van der Waals surface area contributed by atoms with Crippen molar-refractivity contribution in [3.8, 4) is 17.2 Å². The Hall–Kier alpha value is -3.88. The minimum absolute atomic E-state index is 0.159. The highest BCUT2D eigenvalue weighted by Crippen LogP contribution is 2.33. The average molecular weight is 575 g/mol. The number of hydrogen-bond acceptors (Lipinski definition) is 5. The van der Waals surface area contributed by atoms with Crippen LogP contribution in [0.5, 0.6) is 17.2 Å². The minimum Gasteiger partial charge on any atom is -0.497 e. The van der Waals surface area contributed by atoms with E-state index in [0.717, 1.165) is 43.5 Å². The monoisotopic (exact) mass is 574 g/mol. The van der Waals surface area contributed by atoms with Crippen LogP contribution in [-0.2, 0) is 36.9 Å². The van der Waals surface area contributed by atoms with Crippen LogP contribution in [0.2, 0.25) is 0 Å². The van der Waals surface area contributed by atoms with Gasteiger partial charge < -0.3 is 19.5 Å². The van der Waals surface area contributed by atoms with Crippen LogP contribution < -0.4 is 23.8 Å². The summed E-state index contributed by atoms with van der Waals surface area (Å²) in [5.41, 5.74) is 4.57. The molecule has 4 aromatic rings. The number of nitrogens with zero attached hydrogens (tertiary/aromatic N) is 1. The smallest absolute Gasteiger partial charge is 0.153 e. The first-order chi connectivity index (χ1) is 20.1. The second-order valence-electron chi connectivity index (χ2n) is 9.87. The van der Waals surface area contributed by atoms with E-state index in [1.54, 1.807) is 36.7 Å². The molecule has 0 radical (unpaired) electrons. The molecule has 1 aliphatic rings. The van der Waals surface area contributed by atoms with E-state index in [2.05, 4.69) is 17.4 Å². The van der Waals surface area contributed by atoms with Crippen molar-refractivity contribution < 1.29 is 22.8 Å². The molecular weight excluding hydrogens is 539 g/mol. The Balaban J connectivity index is 1.39. The van der Waals surface area contributed by atoms with E-state index >= 15 is 4.39 Å². The minimum atomic E-state index is -1.69. The third-order valence-corrected chi connectivity index (χ3v) is 8.57. The maximum absolute atomic E-state index is 15.7. The van der Waals surface area contributed by atoms with Gasteiger partial charge in [-0.15, -0.1) is 0 Å². The van der Waals surface area contributed by atoms with Gasteiger partial charge in [0.05, 0.1) is 38.0 Å². The van der Waals surface area contributed by atoms with Gasteiger partial charge >= 0.3 is 0 Å². The molecule has 0 bridgehead atoms. The van der Waals surface area contributed by atoms with Gasteiger partial charge in [-0.2, -0.15) is 0 Å². The molecule has 5 rings (SSSR count). The summed E-state index contributed by atoms with van der Waals surface area (Å²) in [6.45, 7) is 2.29. The van der Waals surface area contributed by atoms with Crippen LogP contribution in [0.15, 0.2) is 89.8 Å². The molecule has 6 nitrogen and oxygen atoms in total. The molecule has 0 amide bonds. The molecular formula is C33H35FN2O4S. The van der Waals surface area contributed by atoms with Gasteiger partial charge in [0.15, 0.2) is 16.8 Å². The summed E-state index contributed by atoms with van der Waals surface area (Å²) in [6, 6.07) is 26.2. The van der Waals surface area contributed by atoms with Gasteiger partial charge in [-0.05, 0) is 78.9 Å². The van der Waals surface area contributed by atoms with Crippen LogP contribution in [0.25, 0.3) is 0 Å². The molecule has 1 heterocycles. The molecule has 0 spiro atoms. The van der Waals surface area contributed by atoms with E-state index in [1.807, 2.05) is 48.5 Å². The highest BCUT2D eigenvalue weighted by atomic mass is 32.2. The Labute approximate surface area is 243 Å². The standard InChI is InChI=1S/C33H35FN2O4S/c1-38-28-12-10-27(33(21-28)39-2)23-36(41(37)30-14-11-26-22-35-17-16-25(26)19-30)32-15-13-29(20-31(32)34)40-18-6-9-24-7-4-3-5-8-24/h3-5,7-8,10-15,19-21,35H,6,9,16-18,22-23H2,1-2H3. The predicted octanol–water partition coefficient (Wildman–Crippen LogP) is 6.23. The lowest BCUT2D eigenvalue weighted by Gasteiger charge is -2.26. The average Bonchev–Trinajstić information content (AvgIpc) is 3.02. The van der Waals surface area contributed by atoms with Crippen molar-refractivity contribution in [1.29, 1.82) is 0 Å². The number of halogens is 1. The maximum atomic E-state index is 15.7. The van der Waals surface area contributed by atoms with Gasteiger partial charge in [-0.3, -0.25) is 4.31 Å². The van der Waals surface area contributed by atoms with E-state index in [0.29, 0.717) is 28.8 Å². The molecule has 1 N–H and O–H groups in total. The highest BCUT2D eigenvalue weighted by Gasteiger charge is 2.23. The number of aryl methyl sites for hydroxylation is 1. The fraction of sp³-hybridized carbons (Fsp3) is 0.273. The number of fused-ring (bicyclic) bond motifs is 1. The number of anilines is 1. The largest absolute Gasteiger partial charge is 0.497 e. The highest BCUT2D eigenvalue weighted by molar-refractivity contribution is 7.86. The summed E-state index contributed by atoms with van der Waals surface area (Å²) in [7, 11) is 1.47. The SMILES string of the molecule is COc1ccc(CN(c2ccc(OCCCc3ccccc3)cc2F)S(=O)c2ccc3c(c2)CCNC3)c(OC)c1. The lowest BCUT2D eigenvalue weighted by Crippen LogP contribution is -2.28. The molecule has 214 valence electrons. The first-order valence-corrected chi connectivity index (χ1v) is 14.9. The summed E-state index contributed by atoms with van der Waals surface area (Å²) in [6.07, 6.45) is 2.56. The molecule has 0 aromatic heterocycles. The maximum Gasteiger partial charge on any atom is 0.153 e.